The van der Waals surface area contributed by atoms with Crippen LogP contribution in [-0.2, 0) is 4.74 Å². The summed E-state index contributed by atoms with van der Waals surface area (Å²) >= 11 is 0. The highest BCUT2D eigenvalue weighted by Gasteiger charge is 2.03. The van der Waals surface area contributed by atoms with Crippen LogP contribution >= 0.6 is 0 Å². The first-order chi connectivity index (χ1) is 8.27. The van der Waals surface area contributed by atoms with Crippen molar-refractivity contribution in [1.82, 2.24) is 0 Å². The Morgan fingerprint density at radius 3 is 2.71 bits per heavy atom. The molecule has 0 spiro atoms. The van der Waals surface area contributed by atoms with Crippen LogP contribution in [0.4, 0.5) is 10.1 Å². The molecule has 0 unspecified atom stereocenters. The first-order valence-corrected chi connectivity index (χ1v) is 6.01. The highest BCUT2D eigenvalue weighted by Crippen LogP contribution is 2.20. The SMILES string of the molecule is CCCOCCNc1ccc(OCC)c(F)c1. The van der Waals surface area contributed by atoms with Crippen molar-refractivity contribution in [2.45, 2.75) is 20.3 Å². The quantitative estimate of drug-likeness (QED) is 0.709. The van der Waals surface area contributed by atoms with E-state index < -0.39 is 0 Å². The van der Waals surface area contributed by atoms with Gasteiger partial charge in [0.1, 0.15) is 0 Å². The number of hydrogen-bond donors (Lipinski definition) is 1. The number of anilines is 1. The molecule has 0 aliphatic heterocycles. The maximum Gasteiger partial charge on any atom is 0.167 e. The Morgan fingerprint density at radius 2 is 2.06 bits per heavy atom. The van der Waals surface area contributed by atoms with Crippen LogP contribution in [0, 0.1) is 5.82 Å². The summed E-state index contributed by atoms with van der Waals surface area (Å²) in [6.07, 6.45) is 1.01. The van der Waals surface area contributed by atoms with Crippen LogP contribution < -0.4 is 10.1 Å². The van der Waals surface area contributed by atoms with Crippen LogP contribution in [0.15, 0.2) is 18.2 Å². The van der Waals surface area contributed by atoms with Gasteiger partial charge in [0.25, 0.3) is 0 Å². The van der Waals surface area contributed by atoms with E-state index >= 15 is 0 Å². The first kappa shape index (κ1) is 13.8. The van der Waals surface area contributed by atoms with Crippen LogP contribution in [0.2, 0.25) is 0 Å². The third kappa shape index (κ3) is 5.04. The molecule has 0 aromatic heterocycles. The molecule has 0 bridgehead atoms. The normalized spacial score (nSPS) is 10.3. The van der Waals surface area contributed by atoms with Crippen molar-refractivity contribution in [3.8, 4) is 5.75 Å². The minimum atomic E-state index is -0.341. The Balaban J connectivity index is 2.36. The average Bonchev–Trinajstić information content (AvgIpc) is 2.32. The fourth-order valence-corrected chi connectivity index (χ4v) is 1.40. The minimum Gasteiger partial charge on any atom is -0.491 e. The third-order valence-electron chi connectivity index (χ3n) is 2.16. The molecule has 0 saturated carbocycles. The lowest BCUT2D eigenvalue weighted by Crippen LogP contribution is -2.10. The summed E-state index contributed by atoms with van der Waals surface area (Å²) < 4.78 is 23.9. The van der Waals surface area contributed by atoms with Gasteiger partial charge in [-0.2, -0.15) is 0 Å². The Bertz CT molecular complexity index is 331. The maximum atomic E-state index is 13.5. The number of ether oxygens (including phenoxy) is 2. The van der Waals surface area contributed by atoms with E-state index in [1.165, 1.54) is 6.07 Å². The summed E-state index contributed by atoms with van der Waals surface area (Å²) in [5.74, 6) is -0.0494. The second-order valence-corrected chi connectivity index (χ2v) is 3.62. The molecule has 0 amide bonds. The first-order valence-electron chi connectivity index (χ1n) is 6.01. The van der Waals surface area contributed by atoms with Crippen molar-refractivity contribution in [3.63, 3.8) is 0 Å². The summed E-state index contributed by atoms with van der Waals surface area (Å²) in [7, 11) is 0. The lowest BCUT2D eigenvalue weighted by atomic mass is 10.3. The molecule has 0 aliphatic rings. The van der Waals surface area contributed by atoms with Crippen molar-refractivity contribution in [2.75, 3.05) is 31.7 Å². The second-order valence-electron chi connectivity index (χ2n) is 3.62. The molecule has 1 N–H and O–H groups in total. The van der Waals surface area contributed by atoms with E-state index in [0.717, 1.165) is 18.7 Å². The molecule has 3 nitrogen and oxygen atoms in total. The zero-order chi connectivity index (χ0) is 12.5. The van der Waals surface area contributed by atoms with Crippen LogP contribution in [0.3, 0.4) is 0 Å². The van der Waals surface area contributed by atoms with Gasteiger partial charge in [-0.05, 0) is 25.5 Å². The van der Waals surface area contributed by atoms with E-state index in [0.29, 0.717) is 25.5 Å². The van der Waals surface area contributed by atoms with Crippen LogP contribution in [0.5, 0.6) is 5.75 Å². The monoisotopic (exact) mass is 241 g/mol. The largest absolute Gasteiger partial charge is 0.491 e. The Labute approximate surface area is 102 Å². The van der Waals surface area contributed by atoms with Crippen LogP contribution in [0.25, 0.3) is 0 Å². The standard InChI is InChI=1S/C13H20FNO2/c1-3-8-16-9-7-15-11-5-6-13(17-4-2)12(14)10-11/h5-6,10,15H,3-4,7-9H2,1-2H3. The molecule has 0 fully saturated rings. The van der Waals surface area contributed by atoms with E-state index in [1.807, 2.05) is 6.92 Å². The van der Waals surface area contributed by atoms with E-state index in [-0.39, 0.29) is 5.82 Å². The minimum absolute atomic E-state index is 0.292. The molecule has 1 aromatic carbocycles. The Hall–Kier alpha value is -1.29. The smallest absolute Gasteiger partial charge is 0.167 e. The maximum absolute atomic E-state index is 13.5. The summed E-state index contributed by atoms with van der Waals surface area (Å²) in [5, 5.41) is 3.09. The predicted molar refractivity (Wildman–Crippen MR) is 67.2 cm³/mol. The van der Waals surface area contributed by atoms with Crippen molar-refractivity contribution in [2.24, 2.45) is 0 Å². The summed E-state index contributed by atoms with van der Waals surface area (Å²) in [4.78, 5) is 0. The number of nitrogens with one attached hydrogen (secondary N) is 1. The van der Waals surface area contributed by atoms with Gasteiger partial charge in [-0.15, -0.1) is 0 Å². The van der Waals surface area contributed by atoms with Crippen molar-refractivity contribution in [3.05, 3.63) is 24.0 Å². The molecular weight excluding hydrogens is 221 g/mol. The fraction of sp³-hybridized carbons (Fsp3) is 0.538. The highest BCUT2D eigenvalue weighted by molar-refractivity contribution is 5.47. The van der Waals surface area contributed by atoms with Gasteiger partial charge in [0.15, 0.2) is 11.6 Å². The van der Waals surface area contributed by atoms with Gasteiger partial charge >= 0.3 is 0 Å². The van der Waals surface area contributed by atoms with Gasteiger partial charge in [0, 0.05) is 24.9 Å². The summed E-state index contributed by atoms with van der Waals surface area (Å²) in [6.45, 7) is 6.43. The van der Waals surface area contributed by atoms with E-state index in [4.69, 9.17) is 9.47 Å². The number of halogens is 1. The molecule has 1 aromatic rings. The van der Waals surface area contributed by atoms with E-state index in [2.05, 4.69) is 12.2 Å². The van der Waals surface area contributed by atoms with Crippen molar-refractivity contribution in [1.29, 1.82) is 0 Å². The van der Waals surface area contributed by atoms with Gasteiger partial charge in [0.2, 0.25) is 0 Å². The highest BCUT2D eigenvalue weighted by atomic mass is 19.1. The Morgan fingerprint density at radius 1 is 1.24 bits per heavy atom. The molecule has 17 heavy (non-hydrogen) atoms. The fourth-order valence-electron chi connectivity index (χ4n) is 1.40. The number of benzene rings is 1. The molecule has 4 heteroatoms. The van der Waals surface area contributed by atoms with E-state index in [1.54, 1.807) is 12.1 Å². The average molecular weight is 241 g/mol. The lowest BCUT2D eigenvalue weighted by Gasteiger charge is -2.09. The van der Waals surface area contributed by atoms with Crippen LogP contribution in [0.1, 0.15) is 20.3 Å². The van der Waals surface area contributed by atoms with E-state index in [9.17, 15) is 4.39 Å². The molecule has 0 aliphatic carbocycles. The predicted octanol–water partition coefficient (Wildman–Crippen LogP) is 3.06. The summed E-state index contributed by atoms with van der Waals surface area (Å²) in [5.41, 5.74) is 0.742. The zero-order valence-corrected chi connectivity index (χ0v) is 10.5. The molecule has 1 rings (SSSR count). The molecule has 0 heterocycles. The molecular formula is C13H20FNO2. The van der Waals surface area contributed by atoms with Gasteiger partial charge in [0.05, 0.1) is 13.2 Å². The second kappa shape index (κ2) is 7.90. The van der Waals surface area contributed by atoms with Crippen molar-refractivity contribution >= 4 is 5.69 Å². The topological polar surface area (TPSA) is 30.5 Å². The van der Waals surface area contributed by atoms with Gasteiger partial charge in [-0.3, -0.25) is 0 Å². The van der Waals surface area contributed by atoms with Crippen molar-refractivity contribution < 1.29 is 13.9 Å². The number of hydrogen-bond acceptors (Lipinski definition) is 3. The lowest BCUT2D eigenvalue weighted by molar-refractivity contribution is 0.144. The van der Waals surface area contributed by atoms with Gasteiger partial charge in [-0.1, -0.05) is 6.92 Å². The third-order valence-corrected chi connectivity index (χ3v) is 2.16. The molecule has 0 atom stereocenters. The Kier molecular flexibility index (Phi) is 6.40. The molecule has 0 saturated heterocycles. The van der Waals surface area contributed by atoms with Gasteiger partial charge in [-0.25, -0.2) is 4.39 Å². The summed E-state index contributed by atoms with van der Waals surface area (Å²) in [6, 6.07) is 4.87. The zero-order valence-electron chi connectivity index (χ0n) is 10.5. The molecule has 96 valence electrons. The van der Waals surface area contributed by atoms with Gasteiger partial charge < -0.3 is 14.8 Å². The number of rotatable bonds is 8. The van der Waals surface area contributed by atoms with Crippen LogP contribution in [-0.4, -0.2) is 26.4 Å². The molecule has 0 radical (unpaired) electrons.